The van der Waals surface area contributed by atoms with Gasteiger partial charge in [0.15, 0.2) is 0 Å². The highest BCUT2D eigenvalue weighted by Gasteiger charge is 2.21. The summed E-state index contributed by atoms with van der Waals surface area (Å²) in [6.45, 7) is 17.0. The summed E-state index contributed by atoms with van der Waals surface area (Å²) in [4.78, 5) is 11.6. The van der Waals surface area contributed by atoms with Gasteiger partial charge in [-0.2, -0.15) is 0 Å². The largest absolute Gasteiger partial charge is 0.488 e. The Bertz CT molecular complexity index is 580. The van der Waals surface area contributed by atoms with Crippen molar-refractivity contribution in [1.82, 2.24) is 5.32 Å². The number of hydrogen-bond acceptors (Lipinski definition) is 4. The molecule has 0 atom stereocenters. The van der Waals surface area contributed by atoms with E-state index in [2.05, 4.69) is 39.9 Å². The molecule has 1 aromatic rings. The molecule has 0 saturated carbocycles. The maximum atomic E-state index is 11.6. The molecule has 0 aliphatic rings. The van der Waals surface area contributed by atoms with Crippen molar-refractivity contribution < 1.29 is 19.0 Å². The maximum Gasteiger partial charge on any atom is 0.407 e. The minimum absolute atomic E-state index is 0.134. The van der Waals surface area contributed by atoms with Gasteiger partial charge in [0.25, 0.3) is 0 Å². The third-order valence-corrected chi connectivity index (χ3v) is 3.64. The lowest BCUT2D eigenvalue weighted by Gasteiger charge is -2.28. The summed E-state index contributed by atoms with van der Waals surface area (Å²) in [5, 5.41) is 2.77. The van der Waals surface area contributed by atoms with Gasteiger partial charge in [-0.25, -0.2) is 4.79 Å². The predicted octanol–water partition coefficient (Wildman–Crippen LogP) is 5.12. The standard InChI is InChI=1S/C22H37NO4/c1-20(2,3)25-16-14-22(7,8)26-18-11-9-17(10-12-18)13-15-23-19(24)27-21(4,5)6/h9-12H,13-16H2,1-8H3,(H,23,24). The fraction of sp³-hybridized carbons (Fsp3) is 0.682. The van der Waals surface area contributed by atoms with Gasteiger partial charge in [-0.1, -0.05) is 12.1 Å². The topological polar surface area (TPSA) is 56.8 Å². The Morgan fingerprint density at radius 2 is 1.52 bits per heavy atom. The highest BCUT2D eigenvalue weighted by atomic mass is 16.6. The second-order valence-corrected chi connectivity index (χ2v) is 9.40. The lowest BCUT2D eigenvalue weighted by atomic mass is 10.1. The van der Waals surface area contributed by atoms with Gasteiger partial charge in [-0.15, -0.1) is 0 Å². The first-order chi connectivity index (χ1) is 12.3. The molecule has 0 saturated heterocycles. The molecule has 0 spiro atoms. The van der Waals surface area contributed by atoms with Crippen molar-refractivity contribution in [3.63, 3.8) is 0 Å². The minimum Gasteiger partial charge on any atom is -0.488 e. The second-order valence-electron chi connectivity index (χ2n) is 9.40. The molecule has 0 heterocycles. The molecule has 0 fully saturated rings. The Balaban J connectivity index is 2.41. The number of ether oxygens (including phenoxy) is 3. The molecule has 5 nitrogen and oxygen atoms in total. The number of nitrogens with one attached hydrogen (secondary N) is 1. The van der Waals surface area contributed by atoms with E-state index in [1.54, 1.807) is 0 Å². The van der Waals surface area contributed by atoms with Crippen LogP contribution in [-0.2, 0) is 15.9 Å². The number of benzene rings is 1. The first kappa shape index (κ1) is 23.3. The molecule has 0 aliphatic carbocycles. The van der Waals surface area contributed by atoms with E-state index in [1.807, 2.05) is 45.0 Å². The first-order valence-corrected chi connectivity index (χ1v) is 9.65. The van der Waals surface area contributed by atoms with Crippen LogP contribution in [0.15, 0.2) is 24.3 Å². The molecule has 5 heteroatoms. The van der Waals surface area contributed by atoms with E-state index < -0.39 is 5.60 Å². The molecule has 27 heavy (non-hydrogen) atoms. The van der Waals surface area contributed by atoms with Crippen LogP contribution in [-0.4, -0.2) is 36.0 Å². The highest BCUT2D eigenvalue weighted by molar-refractivity contribution is 5.67. The third-order valence-electron chi connectivity index (χ3n) is 3.64. The highest BCUT2D eigenvalue weighted by Crippen LogP contribution is 2.22. The summed E-state index contributed by atoms with van der Waals surface area (Å²) in [5.41, 5.74) is 0.219. The molecule has 0 aromatic heterocycles. The Kier molecular flexibility index (Phi) is 8.15. The van der Waals surface area contributed by atoms with Gasteiger partial charge < -0.3 is 19.5 Å². The predicted molar refractivity (Wildman–Crippen MR) is 109 cm³/mol. The molecule has 0 bridgehead atoms. The van der Waals surface area contributed by atoms with Crippen LogP contribution >= 0.6 is 0 Å². The number of rotatable bonds is 8. The lowest BCUT2D eigenvalue weighted by molar-refractivity contribution is -0.0292. The third kappa shape index (κ3) is 11.5. The Labute approximate surface area is 164 Å². The molecule has 0 aliphatic heterocycles. The van der Waals surface area contributed by atoms with Crippen LogP contribution in [0.1, 0.15) is 67.4 Å². The van der Waals surface area contributed by atoms with Gasteiger partial charge in [-0.3, -0.25) is 0 Å². The van der Waals surface area contributed by atoms with Crippen LogP contribution in [0.3, 0.4) is 0 Å². The SMILES string of the molecule is CC(C)(C)OCCC(C)(C)Oc1ccc(CCNC(=O)OC(C)(C)C)cc1. The number of alkyl carbamates (subject to hydrolysis) is 1. The number of hydrogen-bond donors (Lipinski definition) is 1. The smallest absolute Gasteiger partial charge is 0.407 e. The zero-order chi connectivity index (χ0) is 20.7. The average Bonchev–Trinajstić information content (AvgIpc) is 2.45. The molecule has 1 aromatic carbocycles. The molecule has 1 rings (SSSR count). The molecule has 0 radical (unpaired) electrons. The number of carbonyl (C=O) groups excluding carboxylic acids is 1. The Morgan fingerprint density at radius 3 is 2.04 bits per heavy atom. The van der Waals surface area contributed by atoms with E-state index >= 15 is 0 Å². The fourth-order valence-corrected chi connectivity index (χ4v) is 2.32. The Morgan fingerprint density at radius 1 is 0.926 bits per heavy atom. The van der Waals surface area contributed by atoms with Crippen molar-refractivity contribution in [2.24, 2.45) is 0 Å². The van der Waals surface area contributed by atoms with Gasteiger partial charge >= 0.3 is 6.09 Å². The Hall–Kier alpha value is -1.75. The summed E-state index contributed by atoms with van der Waals surface area (Å²) in [7, 11) is 0. The summed E-state index contributed by atoms with van der Waals surface area (Å²) in [6.07, 6.45) is 1.16. The van der Waals surface area contributed by atoms with Crippen LogP contribution in [0.4, 0.5) is 4.79 Å². The zero-order valence-electron chi connectivity index (χ0n) is 18.3. The van der Waals surface area contributed by atoms with Crippen molar-refractivity contribution in [3.05, 3.63) is 29.8 Å². The van der Waals surface area contributed by atoms with E-state index in [-0.39, 0.29) is 17.3 Å². The van der Waals surface area contributed by atoms with Gasteiger partial charge in [0.05, 0.1) is 12.2 Å². The van der Waals surface area contributed by atoms with Crippen molar-refractivity contribution in [2.75, 3.05) is 13.2 Å². The van der Waals surface area contributed by atoms with Crippen molar-refractivity contribution in [3.8, 4) is 5.75 Å². The van der Waals surface area contributed by atoms with Crippen molar-refractivity contribution in [1.29, 1.82) is 0 Å². The first-order valence-electron chi connectivity index (χ1n) is 9.65. The minimum atomic E-state index is -0.478. The summed E-state index contributed by atoms with van der Waals surface area (Å²) < 4.78 is 17.1. The molecule has 0 unspecified atom stereocenters. The van der Waals surface area contributed by atoms with Crippen molar-refractivity contribution >= 4 is 6.09 Å². The molecule has 1 amide bonds. The normalized spacial score (nSPS) is 12.6. The summed E-state index contributed by atoms with van der Waals surface area (Å²) in [6, 6.07) is 7.98. The van der Waals surface area contributed by atoms with E-state index in [0.29, 0.717) is 13.2 Å². The van der Waals surface area contributed by atoms with Gasteiger partial charge in [0, 0.05) is 13.0 Å². The summed E-state index contributed by atoms with van der Waals surface area (Å²) in [5.74, 6) is 0.833. The van der Waals surface area contributed by atoms with Crippen LogP contribution in [0, 0.1) is 0 Å². The quantitative estimate of drug-likeness (QED) is 0.681. The van der Waals surface area contributed by atoms with E-state index in [1.165, 1.54) is 0 Å². The van der Waals surface area contributed by atoms with E-state index in [0.717, 1.165) is 24.2 Å². The number of amides is 1. The lowest BCUT2D eigenvalue weighted by Crippen LogP contribution is -2.33. The molecular formula is C22H37NO4. The van der Waals surface area contributed by atoms with Gasteiger partial charge in [-0.05, 0) is 79.5 Å². The van der Waals surface area contributed by atoms with Crippen LogP contribution in [0.2, 0.25) is 0 Å². The van der Waals surface area contributed by atoms with Gasteiger partial charge in [0.1, 0.15) is 17.0 Å². The van der Waals surface area contributed by atoms with Gasteiger partial charge in [0.2, 0.25) is 0 Å². The fourth-order valence-electron chi connectivity index (χ4n) is 2.32. The zero-order valence-corrected chi connectivity index (χ0v) is 18.3. The average molecular weight is 380 g/mol. The van der Waals surface area contributed by atoms with Crippen LogP contribution in [0.25, 0.3) is 0 Å². The molecule has 154 valence electrons. The van der Waals surface area contributed by atoms with E-state index in [9.17, 15) is 4.79 Å². The molecular weight excluding hydrogens is 342 g/mol. The van der Waals surface area contributed by atoms with Crippen molar-refractivity contribution in [2.45, 2.75) is 85.0 Å². The maximum absolute atomic E-state index is 11.6. The van der Waals surface area contributed by atoms with Crippen LogP contribution < -0.4 is 10.1 Å². The van der Waals surface area contributed by atoms with E-state index in [4.69, 9.17) is 14.2 Å². The number of carbonyl (C=O) groups is 1. The second kappa shape index (κ2) is 9.45. The molecule has 1 N–H and O–H groups in total. The summed E-state index contributed by atoms with van der Waals surface area (Å²) >= 11 is 0. The van der Waals surface area contributed by atoms with Crippen LogP contribution in [0.5, 0.6) is 5.75 Å². The monoisotopic (exact) mass is 379 g/mol.